The number of likely N-dealkylation sites (N-methyl/N-ethyl adjacent to an activating group) is 1. The number of hydrogen-bond donors (Lipinski definition) is 1. The van der Waals surface area contributed by atoms with Crippen LogP contribution in [0.3, 0.4) is 0 Å². The van der Waals surface area contributed by atoms with E-state index in [-0.39, 0.29) is 18.3 Å². The number of hydrogen-bond acceptors (Lipinski definition) is 3. The lowest BCUT2D eigenvalue weighted by Gasteiger charge is -2.19. The van der Waals surface area contributed by atoms with Crippen LogP contribution in [0.4, 0.5) is 0 Å². The van der Waals surface area contributed by atoms with Gasteiger partial charge in [0, 0.05) is 31.0 Å². The van der Waals surface area contributed by atoms with Gasteiger partial charge in [-0.15, -0.1) is 12.4 Å². The molecule has 2 aromatic rings. The van der Waals surface area contributed by atoms with Crippen molar-refractivity contribution in [3.05, 3.63) is 35.6 Å². The van der Waals surface area contributed by atoms with E-state index < -0.39 is 6.04 Å². The summed E-state index contributed by atoms with van der Waals surface area (Å²) in [6, 6.07) is 7.43. The van der Waals surface area contributed by atoms with Crippen LogP contribution in [0.2, 0.25) is 0 Å². The number of aryl methyl sites for hydroxylation is 1. The van der Waals surface area contributed by atoms with Gasteiger partial charge in [-0.3, -0.25) is 4.79 Å². The first kappa shape index (κ1) is 16.5. The van der Waals surface area contributed by atoms with Gasteiger partial charge in [-0.1, -0.05) is 25.1 Å². The van der Waals surface area contributed by atoms with Gasteiger partial charge in [0.05, 0.1) is 6.04 Å². The molecule has 20 heavy (non-hydrogen) atoms. The molecule has 0 aliphatic carbocycles. The molecule has 0 aliphatic rings. The minimum absolute atomic E-state index is 0. The number of nitrogens with zero attached hydrogens (tertiary/aromatic N) is 1. The second-order valence-electron chi connectivity index (χ2n) is 4.84. The smallest absolute Gasteiger partial charge is 0.239 e. The highest BCUT2D eigenvalue weighted by molar-refractivity contribution is 5.85. The number of carbonyl (C=O) groups excluding carboxylic acids is 1. The molecule has 2 N–H and O–H groups in total. The Balaban J connectivity index is 0.00000200. The van der Waals surface area contributed by atoms with Crippen LogP contribution in [0.5, 0.6) is 0 Å². The van der Waals surface area contributed by atoms with Gasteiger partial charge < -0.3 is 15.1 Å². The van der Waals surface area contributed by atoms with Gasteiger partial charge in [-0.25, -0.2) is 0 Å². The van der Waals surface area contributed by atoms with Crippen molar-refractivity contribution in [2.45, 2.75) is 32.9 Å². The van der Waals surface area contributed by atoms with E-state index in [2.05, 4.69) is 6.92 Å². The molecule has 1 atom stereocenters. The third-order valence-corrected chi connectivity index (χ3v) is 3.26. The number of halogens is 1. The summed E-state index contributed by atoms with van der Waals surface area (Å²) in [6.45, 7) is 4.28. The first-order valence-electron chi connectivity index (χ1n) is 6.54. The SMILES string of the molecule is CCc1oc2ccccc2c1CN(C)C(=O)[C@H](C)N.Cl. The molecule has 0 radical (unpaired) electrons. The fraction of sp³-hybridized carbons (Fsp3) is 0.400. The molecule has 0 spiro atoms. The average molecular weight is 297 g/mol. The second kappa shape index (κ2) is 6.77. The zero-order chi connectivity index (χ0) is 14.0. The highest BCUT2D eigenvalue weighted by Gasteiger charge is 2.18. The number of nitrogens with two attached hydrogens (primary N) is 1. The van der Waals surface area contributed by atoms with Crippen LogP contribution in [0.1, 0.15) is 25.2 Å². The summed E-state index contributed by atoms with van der Waals surface area (Å²) < 4.78 is 5.82. The molecule has 2 rings (SSSR count). The molecule has 0 unspecified atom stereocenters. The maximum absolute atomic E-state index is 11.9. The quantitative estimate of drug-likeness (QED) is 0.944. The van der Waals surface area contributed by atoms with Crippen LogP contribution in [0.15, 0.2) is 28.7 Å². The zero-order valence-corrected chi connectivity index (χ0v) is 12.9. The molecule has 4 nitrogen and oxygen atoms in total. The van der Waals surface area contributed by atoms with Gasteiger partial charge in [-0.05, 0) is 13.0 Å². The Morgan fingerprint density at radius 2 is 2.05 bits per heavy atom. The van der Waals surface area contributed by atoms with E-state index >= 15 is 0 Å². The minimum Gasteiger partial charge on any atom is -0.461 e. The lowest BCUT2D eigenvalue weighted by atomic mass is 10.1. The second-order valence-corrected chi connectivity index (χ2v) is 4.84. The Morgan fingerprint density at radius 3 is 2.65 bits per heavy atom. The number of amides is 1. The van der Waals surface area contributed by atoms with Crippen molar-refractivity contribution in [1.29, 1.82) is 0 Å². The van der Waals surface area contributed by atoms with Gasteiger partial charge in [0.15, 0.2) is 0 Å². The van der Waals surface area contributed by atoms with Crippen molar-refractivity contribution < 1.29 is 9.21 Å². The summed E-state index contributed by atoms with van der Waals surface area (Å²) >= 11 is 0. The highest BCUT2D eigenvalue weighted by atomic mass is 35.5. The summed E-state index contributed by atoms with van der Waals surface area (Å²) in [5.74, 6) is 0.873. The van der Waals surface area contributed by atoms with Crippen LogP contribution in [-0.4, -0.2) is 23.9 Å². The Kier molecular flexibility index (Phi) is 5.60. The van der Waals surface area contributed by atoms with E-state index in [9.17, 15) is 4.79 Å². The van der Waals surface area contributed by atoms with E-state index in [4.69, 9.17) is 10.2 Å². The van der Waals surface area contributed by atoms with Crippen molar-refractivity contribution in [3.8, 4) is 0 Å². The van der Waals surface area contributed by atoms with Crippen LogP contribution in [-0.2, 0) is 17.8 Å². The highest BCUT2D eigenvalue weighted by Crippen LogP contribution is 2.27. The van der Waals surface area contributed by atoms with Gasteiger partial charge >= 0.3 is 0 Å². The molecule has 1 heterocycles. The van der Waals surface area contributed by atoms with E-state index in [1.807, 2.05) is 24.3 Å². The van der Waals surface area contributed by atoms with Crippen molar-refractivity contribution in [3.63, 3.8) is 0 Å². The van der Waals surface area contributed by atoms with Crippen LogP contribution >= 0.6 is 12.4 Å². The monoisotopic (exact) mass is 296 g/mol. The zero-order valence-electron chi connectivity index (χ0n) is 12.1. The number of rotatable bonds is 4. The first-order valence-corrected chi connectivity index (χ1v) is 6.54. The molecule has 0 bridgehead atoms. The maximum Gasteiger partial charge on any atom is 0.239 e. The Bertz CT molecular complexity index is 593. The molecule has 0 aliphatic heterocycles. The Labute approximate surface area is 125 Å². The topological polar surface area (TPSA) is 59.5 Å². The van der Waals surface area contributed by atoms with Crippen molar-refractivity contribution >= 4 is 29.3 Å². The summed E-state index contributed by atoms with van der Waals surface area (Å²) in [7, 11) is 1.77. The normalized spacial score (nSPS) is 12.0. The molecule has 1 aromatic heterocycles. The van der Waals surface area contributed by atoms with Gasteiger partial charge in [0.25, 0.3) is 0 Å². The van der Waals surface area contributed by atoms with Gasteiger partial charge in [-0.2, -0.15) is 0 Å². The minimum atomic E-state index is -0.478. The Hall–Kier alpha value is -1.52. The summed E-state index contributed by atoms with van der Waals surface area (Å²) in [5.41, 5.74) is 7.58. The molecule has 110 valence electrons. The van der Waals surface area contributed by atoms with Crippen molar-refractivity contribution in [1.82, 2.24) is 4.90 Å². The molecule has 0 saturated heterocycles. The predicted molar refractivity (Wildman–Crippen MR) is 83.0 cm³/mol. The third kappa shape index (κ3) is 3.14. The summed E-state index contributed by atoms with van der Waals surface area (Å²) in [4.78, 5) is 13.5. The maximum atomic E-state index is 11.9. The first-order chi connectivity index (χ1) is 9.04. The number of benzene rings is 1. The molecule has 1 aromatic carbocycles. The molecule has 1 amide bonds. The lowest BCUT2D eigenvalue weighted by Crippen LogP contribution is -2.39. The third-order valence-electron chi connectivity index (χ3n) is 3.26. The van der Waals surface area contributed by atoms with E-state index in [1.54, 1.807) is 18.9 Å². The summed E-state index contributed by atoms with van der Waals surface area (Å²) in [5, 5.41) is 1.07. The van der Waals surface area contributed by atoms with Crippen LogP contribution in [0, 0.1) is 0 Å². The average Bonchev–Trinajstić information content (AvgIpc) is 2.76. The standard InChI is InChI=1S/C15H20N2O2.ClH/c1-4-13-12(9-17(3)15(18)10(2)16)11-7-5-6-8-14(11)19-13;/h5-8,10H,4,9,16H2,1-3H3;1H/t10-;/m0./s1. The Morgan fingerprint density at radius 1 is 1.40 bits per heavy atom. The largest absolute Gasteiger partial charge is 0.461 e. The molecular formula is C15H21ClN2O2. The number of fused-ring (bicyclic) bond motifs is 1. The van der Waals surface area contributed by atoms with Gasteiger partial charge in [0.2, 0.25) is 5.91 Å². The fourth-order valence-corrected chi connectivity index (χ4v) is 2.27. The number of para-hydroxylation sites is 1. The molecule has 5 heteroatoms. The molecular weight excluding hydrogens is 276 g/mol. The lowest BCUT2D eigenvalue weighted by molar-refractivity contribution is -0.131. The molecule has 0 fully saturated rings. The summed E-state index contributed by atoms with van der Waals surface area (Å²) in [6.07, 6.45) is 0.810. The molecule has 0 saturated carbocycles. The van der Waals surface area contributed by atoms with Gasteiger partial charge in [0.1, 0.15) is 11.3 Å². The van der Waals surface area contributed by atoms with E-state index in [0.29, 0.717) is 6.54 Å². The van der Waals surface area contributed by atoms with E-state index in [0.717, 1.165) is 28.7 Å². The number of carbonyl (C=O) groups is 1. The van der Waals surface area contributed by atoms with Crippen molar-refractivity contribution in [2.24, 2.45) is 5.73 Å². The van der Waals surface area contributed by atoms with Crippen LogP contribution in [0.25, 0.3) is 11.0 Å². The van der Waals surface area contributed by atoms with Crippen LogP contribution < -0.4 is 5.73 Å². The predicted octanol–water partition coefficient (Wildman–Crippen LogP) is 2.72. The van der Waals surface area contributed by atoms with E-state index in [1.165, 1.54) is 0 Å². The van der Waals surface area contributed by atoms with Crippen molar-refractivity contribution in [2.75, 3.05) is 7.05 Å². The number of furan rings is 1. The fourth-order valence-electron chi connectivity index (χ4n) is 2.27.